The van der Waals surface area contributed by atoms with Gasteiger partial charge in [0.1, 0.15) is 5.82 Å². The molecule has 24 heavy (non-hydrogen) atoms. The summed E-state index contributed by atoms with van der Waals surface area (Å²) in [6.45, 7) is 6.68. The predicted octanol–water partition coefficient (Wildman–Crippen LogP) is 3.62. The molecule has 4 nitrogen and oxygen atoms in total. The second kappa shape index (κ2) is 9.02. The third-order valence-electron chi connectivity index (χ3n) is 4.61. The normalized spacial score (nSPS) is 14.2. The van der Waals surface area contributed by atoms with E-state index in [9.17, 15) is 9.18 Å². The van der Waals surface area contributed by atoms with E-state index in [0.29, 0.717) is 25.2 Å². The van der Waals surface area contributed by atoms with Gasteiger partial charge in [0.05, 0.1) is 0 Å². The summed E-state index contributed by atoms with van der Waals surface area (Å²) in [6.07, 6.45) is 4.19. The van der Waals surface area contributed by atoms with Crippen molar-refractivity contribution in [3.8, 4) is 0 Å². The highest BCUT2D eigenvalue weighted by Gasteiger charge is 2.32. The maximum absolute atomic E-state index is 13.0. The maximum Gasteiger partial charge on any atom is 0.317 e. The van der Waals surface area contributed by atoms with Crippen LogP contribution in [0.25, 0.3) is 0 Å². The van der Waals surface area contributed by atoms with E-state index in [-0.39, 0.29) is 11.8 Å². The Balaban J connectivity index is 1.73. The second-order valence-electron chi connectivity index (χ2n) is 7.00. The number of rotatable bonds is 9. The van der Waals surface area contributed by atoms with Crippen LogP contribution in [0, 0.1) is 5.82 Å². The summed E-state index contributed by atoms with van der Waals surface area (Å²) in [7, 11) is 2.13. The summed E-state index contributed by atoms with van der Waals surface area (Å²) < 4.78 is 13.0. The van der Waals surface area contributed by atoms with E-state index in [1.165, 1.54) is 12.1 Å². The largest absolute Gasteiger partial charge is 0.338 e. The monoisotopic (exact) mass is 335 g/mol. The number of halogens is 1. The molecule has 134 valence electrons. The van der Waals surface area contributed by atoms with Crippen molar-refractivity contribution in [2.24, 2.45) is 0 Å². The van der Waals surface area contributed by atoms with Gasteiger partial charge in [-0.2, -0.15) is 0 Å². The molecule has 2 amide bonds. The van der Waals surface area contributed by atoms with Crippen LogP contribution in [-0.2, 0) is 6.54 Å². The second-order valence-corrected chi connectivity index (χ2v) is 7.00. The van der Waals surface area contributed by atoms with E-state index in [0.717, 1.165) is 37.8 Å². The van der Waals surface area contributed by atoms with Gasteiger partial charge in [-0.05, 0) is 70.8 Å². The van der Waals surface area contributed by atoms with Crippen molar-refractivity contribution in [2.75, 3.05) is 20.1 Å². The van der Waals surface area contributed by atoms with Gasteiger partial charge in [0.25, 0.3) is 0 Å². The van der Waals surface area contributed by atoms with Crippen LogP contribution in [0.2, 0.25) is 0 Å². The van der Waals surface area contributed by atoms with Gasteiger partial charge in [-0.1, -0.05) is 12.1 Å². The first kappa shape index (κ1) is 18.7. The lowest BCUT2D eigenvalue weighted by Gasteiger charge is -2.23. The third-order valence-corrected chi connectivity index (χ3v) is 4.61. The number of nitrogens with one attached hydrogen (secondary N) is 1. The Labute approximate surface area is 145 Å². The van der Waals surface area contributed by atoms with E-state index in [2.05, 4.69) is 31.1 Å². The van der Waals surface area contributed by atoms with Crippen LogP contribution < -0.4 is 5.32 Å². The Morgan fingerprint density at radius 1 is 1.25 bits per heavy atom. The number of urea groups is 1. The number of amides is 2. The van der Waals surface area contributed by atoms with Crippen molar-refractivity contribution in [2.45, 2.75) is 58.2 Å². The van der Waals surface area contributed by atoms with Crippen LogP contribution in [0.15, 0.2) is 24.3 Å². The molecule has 0 saturated heterocycles. The number of carbonyl (C=O) groups excluding carboxylic acids is 1. The summed E-state index contributed by atoms with van der Waals surface area (Å²) >= 11 is 0. The summed E-state index contributed by atoms with van der Waals surface area (Å²) in [5, 5.41) is 3.03. The van der Waals surface area contributed by atoms with Gasteiger partial charge in [-0.25, -0.2) is 9.18 Å². The highest BCUT2D eigenvalue weighted by Crippen LogP contribution is 2.28. The molecule has 0 radical (unpaired) electrons. The lowest BCUT2D eigenvalue weighted by Crippen LogP contribution is -2.41. The van der Waals surface area contributed by atoms with E-state index < -0.39 is 0 Å². The zero-order chi connectivity index (χ0) is 17.5. The van der Waals surface area contributed by atoms with Crippen LogP contribution in [-0.4, -0.2) is 48.1 Å². The number of benzene rings is 1. The molecule has 1 aromatic carbocycles. The number of carbonyl (C=O) groups is 1. The number of unbranched alkanes of at least 4 members (excludes halogenated alkanes) is 1. The number of hydrogen-bond donors (Lipinski definition) is 1. The fraction of sp³-hybridized carbons (Fsp3) is 0.632. The minimum absolute atomic E-state index is 0.000890. The van der Waals surface area contributed by atoms with Crippen molar-refractivity contribution in [3.63, 3.8) is 0 Å². The Hall–Kier alpha value is -1.62. The van der Waals surface area contributed by atoms with Crippen LogP contribution in [0.4, 0.5) is 9.18 Å². The molecular formula is C19H30FN3O. The van der Waals surface area contributed by atoms with Gasteiger partial charge >= 0.3 is 6.03 Å². The van der Waals surface area contributed by atoms with E-state index in [1.807, 2.05) is 4.90 Å². The quantitative estimate of drug-likeness (QED) is 0.700. The van der Waals surface area contributed by atoms with Crippen molar-refractivity contribution in [1.82, 2.24) is 15.1 Å². The molecule has 1 aromatic rings. The van der Waals surface area contributed by atoms with Crippen LogP contribution in [0.1, 0.15) is 45.1 Å². The Bertz CT molecular complexity index is 514. The molecule has 1 N–H and O–H groups in total. The molecule has 1 aliphatic carbocycles. The molecule has 0 unspecified atom stereocenters. The Morgan fingerprint density at radius 2 is 1.92 bits per heavy atom. The van der Waals surface area contributed by atoms with Crippen LogP contribution in [0.3, 0.4) is 0 Å². The van der Waals surface area contributed by atoms with Gasteiger partial charge in [0, 0.05) is 25.2 Å². The van der Waals surface area contributed by atoms with Crippen molar-refractivity contribution in [1.29, 1.82) is 0 Å². The summed E-state index contributed by atoms with van der Waals surface area (Å²) in [5.41, 5.74) is 0.969. The van der Waals surface area contributed by atoms with Gasteiger partial charge < -0.3 is 15.1 Å². The molecule has 0 aliphatic heterocycles. The van der Waals surface area contributed by atoms with Gasteiger partial charge in [0.2, 0.25) is 0 Å². The van der Waals surface area contributed by atoms with E-state index >= 15 is 0 Å². The van der Waals surface area contributed by atoms with E-state index in [1.54, 1.807) is 12.1 Å². The van der Waals surface area contributed by atoms with Crippen molar-refractivity contribution < 1.29 is 9.18 Å². The average molecular weight is 335 g/mol. The molecule has 1 fully saturated rings. The Kier molecular flexibility index (Phi) is 7.03. The minimum Gasteiger partial charge on any atom is -0.338 e. The summed E-state index contributed by atoms with van der Waals surface area (Å²) in [6, 6.07) is 7.29. The molecule has 0 aromatic heterocycles. The fourth-order valence-electron chi connectivity index (χ4n) is 2.58. The average Bonchev–Trinajstić information content (AvgIpc) is 3.38. The molecule has 0 heterocycles. The van der Waals surface area contributed by atoms with E-state index in [4.69, 9.17) is 0 Å². The van der Waals surface area contributed by atoms with Gasteiger partial charge in [-0.3, -0.25) is 0 Å². The zero-order valence-electron chi connectivity index (χ0n) is 15.1. The fourth-order valence-corrected chi connectivity index (χ4v) is 2.58. The maximum atomic E-state index is 13.0. The molecule has 2 rings (SSSR count). The zero-order valence-corrected chi connectivity index (χ0v) is 15.1. The molecular weight excluding hydrogens is 305 g/mol. The molecule has 5 heteroatoms. The summed E-state index contributed by atoms with van der Waals surface area (Å²) in [5.74, 6) is -0.243. The SMILES string of the molecule is CC(C)N(C)CCCCNC(=O)N(Cc1ccc(F)cc1)C1CC1. The van der Waals surface area contributed by atoms with Crippen molar-refractivity contribution in [3.05, 3.63) is 35.6 Å². The Morgan fingerprint density at radius 3 is 2.50 bits per heavy atom. The lowest BCUT2D eigenvalue weighted by molar-refractivity contribution is 0.191. The lowest BCUT2D eigenvalue weighted by atomic mass is 10.2. The minimum atomic E-state index is -0.243. The molecule has 0 atom stereocenters. The van der Waals surface area contributed by atoms with Gasteiger partial charge in [0.15, 0.2) is 0 Å². The first-order valence-electron chi connectivity index (χ1n) is 8.96. The topological polar surface area (TPSA) is 35.6 Å². The number of hydrogen-bond acceptors (Lipinski definition) is 2. The van der Waals surface area contributed by atoms with Crippen molar-refractivity contribution >= 4 is 6.03 Å². The highest BCUT2D eigenvalue weighted by molar-refractivity contribution is 5.74. The molecule has 0 bridgehead atoms. The first-order chi connectivity index (χ1) is 11.5. The summed E-state index contributed by atoms with van der Waals surface area (Å²) in [4.78, 5) is 16.6. The molecule has 1 aliphatic rings. The standard InChI is InChI=1S/C19H30FN3O/c1-15(2)22(3)13-5-4-12-21-19(24)23(18-10-11-18)14-16-6-8-17(20)9-7-16/h6-9,15,18H,4-5,10-14H2,1-3H3,(H,21,24). The first-order valence-corrected chi connectivity index (χ1v) is 8.96. The smallest absolute Gasteiger partial charge is 0.317 e. The molecule has 0 spiro atoms. The van der Waals surface area contributed by atoms with Crippen LogP contribution in [0.5, 0.6) is 0 Å². The van der Waals surface area contributed by atoms with Crippen LogP contribution >= 0.6 is 0 Å². The third kappa shape index (κ3) is 6.11. The van der Waals surface area contributed by atoms with Gasteiger partial charge in [-0.15, -0.1) is 0 Å². The number of nitrogens with zero attached hydrogens (tertiary/aromatic N) is 2. The highest BCUT2D eigenvalue weighted by atomic mass is 19.1. The molecule has 1 saturated carbocycles. The predicted molar refractivity (Wildman–Crippen MR) is 95.4 cm³/mol.